The van der Waals surface area contributed by atoms with Crippen molar-refractivity contribution in [1.29, 1.82) is 0 Å². The van der Waals surface area contributed by atoms with Gasteiger partial charge in [0.2, 0.25) is 0 Å². The predicted octanol–water partition coefficient (Wildman–Crippen LogP) is 1.89. The first-order chi connectivity index (χ1) is 14.0. The average Bonchev–Trinajstić information content (AvgIpc) is 3.46. The van der Waals surface area contributed by atoms with Gasteiger partial charge in [0.25, 0.3) is 5.91 Å². The number of sulfone groups is 1. The topological polar surface area (TPSA) is 84.2 Å². The summed E-state index contributed by atoms with van der Waals surface area (Å²) in [5, 5.41) is 2.00. The molecule has 7 heteroatoms. The van der Waals surface area contributed by atoms with E-state index in [0.717, 1.165) is 37.0 Å². The highest BCUT2D eigenvalue weighted by atomic mass is 32.2. The van der Waals surface area contributed by atoms with Crippen LogP contribution >= 0.6 is 0 Å². The van der Waals surface area contributed by atoms with Gasteiger partial charge < -0.3 is 14.6 Å². The van der Waals surface area contributed by atoms with Crippen molar-refractivity contribution in [3.05, 3.63) is 60.1 Å². The second-order valence-corrected chi connectivity index (χ2v) is 10.4. The Kier molecular flexibility index (Phi) is 6.06. The Bertz CT molecular complexity index is 906. The van der Waals surface area contributed by atoms with Gasteiger partial charge in [0.15, 0.2) is 28.2 Å². The molecule has 0 spiro atoms. The number of rotatable bonds is 7. The molecule has 0 unspecified atom stereocenters. The van der Waals surface area contributed by atoms with Gasteiger partial charge >= 0.3 is 0 Å². The Balaban J connectivity index is 1.50. The quantitative estimate of drug-likeness (QED) is 0.746. The lowest BCUT2D eigenvalue weighted by atomic mass is 10.0. The number of nitrogens with zero attached hydrogens (tertiary/aromatic N) is 1. The molecule has 1 amide bonds. The minimum absolute atomic E-state index is 0.0338. The summed E-state index contributed by atoms with van der Waals surface area (Å²) >= 11 is 0. The molecule has 1 aliphatic carbocycles. The van der Waals surface area contributed by atoms with Gasteiger partial charge in [-0.25, -0.2) is 8.42 Å². The maximum atomic E-state index is 13.3. The van der Waals surface area contributed by atoms with Gasteiger partial charge in [-0.1, -0.05) is 43.2 Å². The molecule has 1 aliphatic heterocycles. The summed E-state index contributed by atoms with van der Waals surface area (Å²) in [4.78, 5) is 15.2. The number of furan rings is 1. The maximum absolute atomic E-state index is 13.3. The molecule has 2 aliphatic rings. The first kappa shape index (κ1) is 20.2. The van der Waals surface area contributed by atoms with Crippen molar-refractivity contribution < 1.29 is 22.9 Å². The molecule has 1 saturated heterocycles. The zero-order chi connectivity index (χ0) is 20.3. The lowest BCUT2D eigenvalue weighted by Crippen LogP contribution is -2.88. The molecule has 2 atom stereocenters. The molecule has 0 bridgehead atoms. The summed E-state index contributed by atoms with van der Waals surface area (Å²) in [5.74, 6) is 1.14. The highest BCUT2D eigenvalue weighted by molar-refractivity contribution is 7.91. The van der Waals surface area contributed by atoms with Crippen molar-refractivity contribution in [2.24, 2.45) is 0 Å². The largest absolute Gasteiger partial charge is 0.463 e. The summed E-state index contributed by atoms with van der Waals surface area (Å²) < 4.78 is 29.7. The molecule has 2 aromatic rings. The van der Waals surface area contributed by atoms with Crippen molar-refractivity contribution in [2.75, 3.05) is 18.1 Å². The Morgan fingerprint density at radius 3 is 2.45 bits per heavy atom. The Morgan fingerprint density at radius 2 is 1.83 bits per heavy atom. The van der Waals surface area contributed by atoms with E-state index in [1.807, 2.05) is 52.7 Å². The average molecular weight is 418 g/mol. The highest BCUT2D eigenvalue weighted by Crippen LogP contribution is 2.29. The van der Waals surface area contributed by atoms with Crippen molar-refractivity contribution in [1.82, 2.24) is 4.90 Å². The third-order valence-electron chi connectivity index (χ3n) is 6.14. The standard InChI is InChI=1S/C22H28N2O4S/c25-21(24(18-9-4-5-10-18)19-12-14-29(26,27)16-19)15-23-22(20-11-6-13-28-20)17-7-2-1-3-8-17/h1-3,6-8,11,13,18-19,22-23H,4-5,9-10,12,14-16H2/p+1/t19-,22-/m0/s1. The number of hydrogen-bond donors (Lipinski definition) is 1. The first-order valence-electron chi connectivity index (χ1n) is 10.5. The summed E-state index contributed by atoms with van der Waals surface area (Å²) in [6, 6.07) is 13.7. The van der Waals surface area contributed by atoms with E-state index in [0.29, 0.717) is 6.42 Å². The lowest BCUT2D eigenvalue weighted by Gasteiger charge is -2.33. The summed E-state index contributed by atoms with van der Waals surface area (Å²) in [5.41, 5.74) is 1.08. The molecule has 4 rings (SSSR count). The van der Waals surface area contributed by atoms with Gasteiger partial charge in [-0.3, -0.25) is 4.79 Å². The molecule has 1 aromatic carbocycles. The van der Waals surface area contributed by atoms with Gasteiger partial charge in [-0.15, -0.1) is 0 Å². The van der Waals surface area contributed by atoms with Crippen LogP contribution in [0.15, 0.2) is 53.1 Å². The lowest BCUT2D eigenvalue weighted by molar-refractivity contribution is -0.679. The van der Waals surface area contributed by atoms with Crippen LogP contribution in [0.25, 0.3) is 0 Å². The first-order valence-corrected chi connectivity index (χ1v) is 12.3. The van der Waals surface area contributed by atoms with E-state index in [1.165, 1.54) is 0 Å². The Morgan fingerprint density at radius 1 is 1.07 bits per heavy atom. The van der Waals surface area contributed by atoms with Crippen molar-refractivity contribution in [3.63, 3.8) is 0 Å². The van der Waals surface area contributed by atoms with Crippen LogP contribution in [0, 0.1) is 0 Å². The normalized spacial score (nSPS) is 22.6. The molecule has 6 nitrogen and oxygen atoms in total. The summed E-state index contributed by atoms with van der Waals surface area (Å²) in [7, 11) is -3.03. The highest BCUT2D eigenvalue weighted by Gasteiger charge is 2.39. The maximum Gasteiger partial charge on any atom is 0.278 e. The van der Waals surface area contributed by atoms with Crippen LogP contribution in [-0.2, 0) is 14.6 Å². The molecule has 156 valence electrons. The molecular weight excluding hydrogens is 388 g/mol. The second-order valence-electron chi connectivity index (χ2n) is 8.14. The van der Waals surface area contributed by atoms with E-state index in [4.69, 9.17) is 4.42 Å². The van der Waals surface area contributed by atoms with Crippen molar-refractivity contribution in [2.45, 2.75) is 50.2 Å². The van der Waals surface area contributed by atoms with Crippen molar-refractivity contribution >= 4 is 15.7 Å². The second kappa shape index (κ2) is 8.71. The fourth-order valence-corrected chi connectivity index (χ4v) is 6.46. The zero-order valence-corrected chi connectivity index (χ0v) is 17.4. The number of hydrogen-bond acceptors (Lipinski definition) is 4. The minimum Gasteiger partial charge on any atom is -0.463 e. The summed E-state index contributed by atoms with van der Waals surface area (Å²) in [6.07, 6.45) is 6.37. The number of carbonyl (C=O) groups excluding carboxylic acids is 1. The zero-order valence-electron chi connectivity index (χ0n) is 16.6. The molecule has 29 heavy (non-hydrogen) atoms. The van der Waals surface area contributed by atoms with Gasteiger partial charge in [0.1, 0.15) is 0 Å². The SMILES string of the molecule is O=C(C[NH2+][C@@H](c1ccccc1)c1ccco1)N(C1CCCC1)[C@H]1CCS(=O)(=O)C1. The molecule has 1 saturated carbocycles. The molecule has 1 aromatic heterocycles. The number of carbonyl (C=O) groups is 1. The fraction of sp³-hybridized carbons (Fsp3) is 0.500. The van der Waals surface area contributed by atoms with E-state index in [-0.39, 0.29) is 42.1 Å². The van der Waals surface area contributed by atoms with Crippen LogP contribution in [-0.4, -0.2) is 49.4 Å². The van der Waals surface area contributed by atoms with Crippen LogP contribution < -0.4 is 5.32 Å². The number of amides is 1. The number of quaternary nitrogens is 1. The van der Waals surface area contributed by atoms with Gasteiger partial charge in [0.05, 0.1) is 17.8 Å². The van der Waals surface area contributed by atoms with E-state index < -0.39 is 9.84 Å². The van der Waals surface area contributed by atoms with Gasteiger partial charge in [-0.2, -0.15) is 0 Å². The number of benzene rings is 1. The smallest absolute Gasteiger partial charge is 0.278 e. The molecular formula is C22H29N2O4S+. The van der Waals surface area contributed by atoms with Crippen LogP contribution in [0.2, 0.25) is 0 Å². The predicted molar refractivity (Wildman–Crippen MR) is 110 cm³/mol. The van der Waals surface area contributed by atoms with E-state index in [1.54, 1.807) is 6.26 Å². The van der Waals surface area contributed by atoms with Crippen molar-refractivity contribution in [3.8, 4) is 0 Å². The molecule has 0 radical (unpaired) electrons. The van der Waals surface area contributed by atoms with Crippen LogP contribution in [0.3, 0.4) is 0 Å². The molecule has 2 N–H and O–H groups in total. The summed E-state index contributed by atoms with van der Waals surface area (Å²) in [6.45, 7) is 0.271. The third-order valence-corrected chi connectivity index (χ3v) is 7.89. The molecule has 2 fully saturated rings. The van der Waals surface area contributed by atoms with Gasteiger partial charge in [0, 0.05) is 17.6 Å². The Hall–Kier alpha value is -2.12. The third kappa shape index (κ3) is 4.73. The molecule has 2 heterocycles. The van der Waals surface area contributed by atoms with E-state index in [9.17, 15) is 13.2 Å². The van der Waals surface area contributed by atoms with Crippen LogP contribution in [0.4, 0.5) is 0 Å². The fourth-order valence-electron chi connectivity index (χ4n) is 4.75. The minimum atomic E-state index is -3.03. The van der Waals surface area contributed by atoms with Crippen LogP contribution in [0.1, 0.15) is 49.5 Å². The number of nitrogens with two attached hydrogens (primary N) is 1. The van der Waals surface area contributed by atoms with Crippen LogP contribution in [0.5, 0.6) is 0 Å². The van der Waals surface area contributed by atoms with E-state index >= 15 is 0 Å². The van der Waals surface area contributed by atoms with Gasteiger partial charge in [-0.05, 0) is 31.4 Å². The Labute approximate surface area is 172 Å². The monoisotopic (exact) mass is 417 g/mol. The van der Waals surface area contributed by atoms with E-state index in [2.05, 4.69) is 0 Å².